The maximum atomic E-state index is 13.4. The van der Waals surface area contributed by atoms with Gasteiger partial charge in [0.05, 0.1) is 0 Å². The van der Waals surface area contributed by atoms with E-state index in [1.54, 1.807) is 36.4 Å². The zero-order valence-corrected chi connectivity index (χ0v) is 10.3. The van der Waals surface area contributed by atoms with Gasteiger partial charge in [-0.15, -0.1) is 0 Å². The second-order valence-corrected chi connectivity index (χ2v) is 4.05. The summed E-state index contributed by atoms with van der Waals surface area (Å²) in [4.78, 5) is 4.31. The van der Waals surface area contributed by atoms with Crippen LogP contribution in [0.2, 0.25) is 0 Å². The summed E-state index contributed by atoms with van der Waals surface area (Å²) in [5, 5.41) is 0. The van der Waals surface area contributed by atoms with Crippen LogP contribution in [0, 0.1) is 5.82 Å². The number of rotatable bonds is 4. The van der Waals surface area contributed by atoms with Crippen LogP contribution in [0.4, 0.5) is 4.39 Å². The molecule has 18 heavy (non-hydrogen) atoms. The van der Waals surface area contributed by atoms with Crippen molar-refractivity contribution in [2.75, 3.05) is 0 Å². The Morgan fingerprint density at radius 1 is 1.22 bits per heavy atom. The third kappa shape index (κ3) is 3.01. The molecule has 0 radical (unpaired) electrons. The van der Waals surface area contributed by atoms with Crippen LogP contribution < -0.4 is 10.5 Å². The van der Waals surface area contributed by atoms with Crippen LogP contribution in [0.3, 0.4) is 0 Å². The summed E-state index contributed by atoms with van der Waals surface area (Å²) in [5.74, 6) is 0.0616. The van der Waals surface area contributed by atoms with Gasteiger partial charge >= 0.3 is 0 Å². The minimum absolute atomic E-state index is 0.112. The van der Waals surface area contributed by atoms with Crippen molar-refractivity contribution >= 4 is 17.2 Å². The number of thiocarbonyl (C=S) groups is 1. The van der Waals surface area contributed by atoms with Crippen LogP contribution in [0.15, 0.2) is 42.5 Å². The molecule has 1 aromatic carbocycles. The van der Waals surface area contributed by atoms with Crippen LogP contribution in [0.5, 0.6) is 5.88 Å². The largest absolute Gasteiger partial charge is 0.473 e. The molecule has 2 rings (SSSR count). The van der Waals surface area contributed by atoms with Crippen molar-refractivity contribution in [3.05, 3.63) is 59.5 Å². The number of nitrogens with two attached hydrogens (primary N) is 1. The lowest BCUT2D eigenvalue weighted by atomic mass is 10.2. The second-order valence-electron chi connectivity index (χ2n) is 3.61. The lowest BCUT2D eigenvalue weighted by molar-refractivity contribution is 0.288. The zero-order chi connectivity index (χ0) is 13.0. The van der Waals surface area contributed by atoms with E-state index in [0.29, 0.717) is 17.1 Å². The Bertz CT molecular complexity index is 574. The van der Waals surface area contributed by atoms with Gasteiger partial charge in [-0.2, -0.15) is 0 Å². The highest BCUT2D eigenvalue weighted by molar-refractivity contribution is 7.80. The molecule has 0 aliphatic rings. The monoisotopic (exact) mass is 262 g/mol. The maximum absolute atomic E-state index is 13.4. The van der Waals surface area contributed by atoms with Crippen molar-refractivity contribution in [3.63, 3.8) is 0 Å². The van der Waals surface area contributed by atoms with Crippen LogP contribution in [0.1, 0.15) is 11.3 Å². The zero-order valence-electron chi connectivity index (χ0n) is 9.47. The van der Waals surface area contributed by atoms with Crippen molar-refractivity contribution in [1.82, 2.24) is 4.98 Å². The summed E-state index contributed by atoms with van der Waals surface area (Å²) in [6, 6.07) is 11.5. The standard InChI is InChI=1S/C13H11FN2OS/c14-10-5-2-1-4-9(10)8-17-12-7-3-6-11(16-12)13(15)18/h1-7H,8H2,(H2,15,18). The van der Waals surface area contributed by atoms with E-state index in [1.807, 2.05) is 0 Å². The topological polar surface area (TPSA) is 48.1 Å². The minimum atomic E-state index is -0.303. The van der Waals surface area contributed by atoms with Crippen molar-refractivity contribution in [3.8, 4) is 5.88 Å². The van der Waals surface area contributed by atoms with E-state index < -0.39 is 0 Å². The number of halogens is 1. The maximum Gasteiger partial charge on any atom is 0.214 e. The summed E-state index contributed by atoms with van der Waals surface area (Å²) < 4.78 is 18.8. The molecule has 2 N–H and O–H groups in total. The fourth-order valence-corrected chi connectivity index (χ4v) is 1.51. The van der Waals surface area contributed by atoms with Gasteiger partial charge in [0, 0.05) is 11.6 Å². The van der Waals surface area contributed by atoms with E-state index in [0.717, 1.165) is 0 Å². The molecule has 92 valence electrons. The van der Waals surface area contributed by atoms with Crippen molar-refractivity contribution in [1.29, 1.82) is 0 Å². The van der Waals surface area contributed by atoms with Gasteiger partial charge in [0.25, 0.3) is 0 Å². The molecule has 1 heterocycles. The van der Waals surface area contributed by atoms with Crippen LogP contribution >= 0.6 is 12.2 Å². The average molecular weight is 262 g/mol. The molecule has 0 bridgehead atoms. The minimum Gasteiger partial charge on any atom is -0.473 e. The van der Waals surface area contributed by atoms with Gasteiger partial charge < -0.3 is 10.5 Å². The van der Waals surface area contributed by atoms with E-state index in [9.17, 15) is 4.39 Å². The number of hydrogen-bond acceptors (Lipinski definition) is 3. The highest BCUT2D eigenvalue weighted by atomic mass is 32.1. The summed E-state index contributed by atoms with van der Waals surface area (Å²) in [6.45, 7) is 0.112. The third-order valence-electron chi connectivity index (χ3n) is 2.31. The highest BCUT2D eigenvalue weighted by Crippen LogP contribution is 2.12. The Morgan fingerprint density at radius 3 is 2.72 bits per heavy atom. The van der Waals surface area contributed by atoms with Crippen LogP contribution in [0.25, 0.3) is 0 Å². The fraction of sp³-hybridized carbons (Fsp3) is 0.0769. The smallest absolute Gasteiger partial charge is 0.214 e. The molecular weight excluding hydrogens is 251 g/mol. The molecule has 0 saturated carbocycles. The first-order valence-electron chi connectivity index (χ1n) is 5.30. The Kier molecular flexibility index (Phi) is 3.84. The SMILES string of the molecule is NC(=S)c1cccc(OCc2ccccc2F)n1. The van der Waals surface area contributed by atoms with Gasteiger partial charge in [-0.3, -0.25) is 0 Å². The van der Waals surface area contributed by atoms with Gasteiger partial charge in [0.15, 0.2) is 0 Å². The predicted octanol–water partition coefficient (Wildman–Crippen LogP) is 2.43. The van der Waals surface area contributed by atoms with Crippen molar-refractivity contribution < 1.29 is 9.13 Å². The second kappa shape index (κ2) is 5.55. The van der Waals surface area contributed by atoms with Gasteiger partial charge in [0.2, 0.25) is 5.88 Å². The van der Waals surface area contributed by atoms with E-state index in [-0.39, 0.29) is 17.4 Å². The molecule has 0 spiro atoms. The summed E-state index contributed by atoms with van der Waals surface area (Å²) in [5.41, 5.74) is 6.42. The molecule has 3 nitrogen and oxygen atoms in total. The fourth-order valence-electron chi connectivity index (χ4n) is 1.40. The van der Waals surface area contributed by atoms with E-state index >= 15 is 0 Å². The quantitative estimate of drug-likeness (QED) is 0.860. The van der Waals surface area contributed by atoms with Crippen LogP contribution in [-0.2, 0) is 6.61 Å². The lowest BCUT2D eigenvalue weighted by Crippen LogP contribution is -2.12. The molecule has 0 fully saturated rings. The van der Waals surface area contributed by atoms with Crippen LogP contribution in [-0.4, -0.2) is 9.97 Å². The van der Waals surface area contributed by atoms with E-state index in [2.05, 4.69) is 4.98 Å². The predicted molar refractivity (Wildman–Crippen MR) is 70.9 cm³/mol. The Hall–Kier alpha value is -2.01. The molecule has 5 heteroatoms. The number of benzene rings is 1. The molecule has 0 amide bonds. The van der Waals surface area contributed by atoms with Gasteiger partial charge in [-0.05, 0) is 12.1 Å². The molecule has 2 aromatic rings. The number of aromatic nitrogens is 1. The first-order chi connectivity index (χ1) is 8.66. The average Bonchev–Trinajstić information content (AvgIpc) is 2.38. The van der Waals surface area contributed by atoms with Gasteiger partial charge in [-0.25, -0.2) is 9.37 Å². The molecule has 1 aromatic heterocycles. The Balaban J connectivity index is 2.09. The third-order valence-corrected chi connectivity index (χ3v) is 2.52. The molecular formula is C13H11FN2OS. The van der Waals surface area contributed by atoms with Crippen molar-refractivity contribution in [2.24, 2.45) is 5.73 Å². The number of nitrogens with zero attached hydrogens (tertiary/aromatic N) is 1. The number of pyridine rings is 1. The lowest BCUT2D eigenvalue weighted by Gasteiger charge is -2.07. The highest BCUT2D eigenvalue weighted by Gasteiger charge is 2.04. The van der Waals surface area contributed by atoms with E-state index in [4.69, 9.17) is 22.7 Å². The number of hydrogen-bond donors (Lipinski definition) is 1. The summed E-state index contributed by atoms with van der Waals surface area (Å²) in [7, 11) is 0. The van der Waals surface area contributed by atoms with Gasteiger partial charge in [0.1, 0.15) is 23.1 Å². The normalized spacial score (nSPS) is 10.1. The molecule has 0 unspecified atom stereocenters. The summed E-state index contributed by atoms with van der Waals surface area (Å²) in [6.07, 6.45) is 0. The first-order valence-corrected chi connectivity index (χ1v) is 5.70. The Morgan fingerprint density at radius 2 is 2.00 bits per heavy atom. The van der Waals surface area contributed by atoms with Crippen molar-refractivity contribution in [2.45, 2.75) is 6.61 Å². The molecule has 0 aliphatic carbocycles. The summed E-state index contributed by atoms with van der Waals surface area (Å²) >= 11 is 4.82. The molecule has 0 atom stereocenters. The number of ether oxygens (including phenoxy) is 1. The van der Waals surface area contributed by atoms with E-state index in [1.165, 1.54) is 6.07 Å². The molecule has 0 saturated heterocycles. The Labute approximate surface area is 109 Å². The molecule has 0 aliphatic heterocycles. The van der Waals surface area contributed by atoms with Gasteiger partial charge in [-0.1, -0.05) is 36.5 Å². The first kappa shape index (κ1) is 12.4.